The van der Waals surface area contributed by atoms with Gasteiger partial charge in [0.1, 0.15) is 22.8 Å². The molecule has 0 saturated heterocycles. The zero-order chi connectivity index (χ0) is 24.5. The summed E-state index contributed by atoms with van der Waals surface area (Å²) in [5.41, 5.74) is 2.99. The molecule has 2 amide bonds. The summed E-state index contributed by atoms with van der Waals surface area (Å²) in [7, 11) is 2.87. The number of hydrogen-bond acceptors (Lipinski definition) is 7. The molecule has 174 valence electrons. The second-order valence-corrected chi connectivity index (χ2v) is 7.06. The van der Waals surface area contributed by atoms with Crippen molar-refractivity contribution in [2.24, 2.45) is 5.10 Å². The Morgan fingerprint density at radius 1 is 0.853 bits per heavy atom. The summed E-state index contributed by atoms with van der Waals surface area (Å²) in [5.74, 6) is -1.73. The molecule has 3 rings (SSSR count). The summed E-state index contributed by atoms with van der Waals surface area (Å²) in [5, 5.41) is 6.54. The zero-order valence-electron chi connectivity index (χ0n) is 18.2. The van der Waals surface area contributed by atoms with Crippen LogP contribution in [0.2, 0.25) is 5.02 Å². The highest BCUT2D eigenvalue weighted by atomic mass is 35.5. The summed E-state index contributed by atoms with van der Waals surface area (Å²) >= 11 is 5.92. The number of methoxy groups -OCH3 is 2. The Hall–Kier alpha value is -4.37. The lowest BCUT2D eigenvalue weighted by Crippen LogP contribution is -2.32. The number of ether oxygens (including phenoxy) is 3. The van der Waals surface area contributed by atoms with Gasteiger partial charge in [-0.25, -0.2) is 10.2 Å². The molecule has 0 saturated carbocycles. The van der Waals surface area contributed by atoms with Crippen LogP contribution in [-0.2, 0) is 9.59 Å². The van der Waals surface area contributed by atoms with Gasteiger partial charge in [-0.05, 0) is 42.5 Å². The second-order valence-electron chi connectivity index (χ2n) is 6.63. The third-order valence-electron chi connectivity index (χ3n) is 4.43. The standard InChI is InChI=1S/C24H20ClN3O6/c1-32-20-10-6-4-8-17(20)24(31)34-19-9-5-3-7-15(19)14-26-28-23(30)22(29)27-18-13-16(25)11-12-21(18)33-2/h3-14H,1-2H3,(H,27,29)(H,28,30)/b26-14+. The Bertz CT molecular complexity index is 1240. The van der Waals surface area contributed by atoms with Gasteiger partial charge >= 0.3 is 17.8 Å². The summed E-state index contributed by atoms with van der Waals surface area (Å²) < 4.78 is 15.8. The number of esters is 1. The molecule has 0 spiro atoms. The molecule has 34 heavy (non-hydrogen) atoms. The van der Waals surface area contributed by atoms with Gasteiger partial charge < -0.3 is 19.5 Å². The van der Waals surface area contributed by atoms with E-state index in [1.54, 1.807) is 60.7 Å². The number of rotatable bonds is 7. The molecule has 0 aromatic heterocycles. The van der Waals surface area contributed by atoms with Crippen molar-refractivity contribution in [1.29, 1.82) is 0 Å². The zero-order valence-corrected chi connectivity index (χ0v) is 19.0. The highest BCUT2D eigenvalue weighted by Gasteiger charge is 2.17. The van der Waals surface area contributed by atoms with Crippen molar-refractivity contribution in [1.82, 2.24) is 5.43 Å². The number of carbonyl (C=O) groups is 3. The monoisotopic (exact) mass is 481 g/mol. The first-order valence-corrected chi connectivity index (χ1v) is 10.2. The van der Waals surface area contributed by atoms with Crippen LogP contribution in [0.25, 0.3) is 0 Å². The number of carbonyl (C=O) groups excluding carboxylic acids is 3. The van der Waals surface area contributed by atoms with Gasteiger partial charge in [-0.2, -0.15) is 5.10 Å². The van der Waals surface area contributed by atoms with Gasteiger partial charge in [0, 0.05) is 10.6 Å². The highest BCUT2D eigenvalue weighted by Crippen LogP contribution is 2.27. The minimum Gasteiger partial charge on any atom is -0.496 e. The van der Waals surface area contributed by atoms with Gasteiger partial charge in [-0.3, -0.25) is 9.59 Å². The van der Waals surface area contributed by atoms with E-state index in [0.717, 1.165) is 0 Å². The summed E-state index contributed by atoms with van der Waals surface area (Å²) in [6.45, 7) is 0. The maximum atomic E-state index is 12.6. The van der Waals surface area contributed by atoms with Crippen LogP contribution in [0.1, 0.15) is 15.9 Å². The molecule has 0 unspecified atom stereocenters. The fourth-order valence-electron chi connectivity index (χ4n) is 2.82. The predicted octanol–water partition coefficient (Wildman–Crippen LogP) is 3.67. The number of anilines is 1. The topological polar surface area (TPSA) is 115 Å². The minimum absolute atomic E-state index is 0.199. The van der Waals surface area contributed by atoms with Crippen molar-refractivity contribution in [3.63, 3.8) is 0 Å². The first kappa shape index (κ1) is 24.3. The van der Waals surface area contributed by atoms with Gasteiger partial charge in [0.25, 0.3) is 0 Å². The average molecular weight is 482 g/mol. The molecule has 0 aliphatic heterocycles. The maximum Gasteiger partial charge on any atom is 0.347 e. The maximum absolute atomic E-state index is 12.6. The van der Waals surface area contributed by atoms with E-state index >= 15 is 0 Å². The Labute approximate surface area is 200 Å². The number of amides is 2. The molecule has 10 heteroatoms. The molecule has 0 aliphatic rings. The third-order valence-corrected chi connectivity index (χ3v) is 4.67. The lowest BCUT2D eigenvalue weighted by atomic mass is 10.2. The van der Waals surface area contributed by atoms with Crippen LogP contribution in [-0.4, -0.2) is 38.2 Å². The van der Waals surface area contributed by atoms with Crippen LogP contribution in [0.15, 0.2) is 71.8 Å². The van der Waals surface area contributed by atoms with Crippen LogP contribution in [0.3, 0.4) is 0 Å². The van der Waals surface area contributed by atoms with Crippen LogP contribution < -0.4 is 25.0 Å². The summed E-state index contributed by atoms with van der Waals surface area (Å²) in [4.78, 5) is 36.9. The SMILES string of the molecule is COc1ccc(Cl)cc1NC(=O)C(=O)N/N=C/c1ccccc1OC(=O)c1ccccc1OC. The Kier molecular flexibility index (Phi) is 8.20. The number of hydrazone groups is 1. The van der Waals surface area contributed by atoms with Gasteiger partial charge in [0.05, 0.1) is 26.1 Å². The summed E-state index contributed by atoms with van der Waals surface area (Å²) in [6, 6.07) is 17.8. The van der Waals surface area contributed by atoms with Crippen LogP contribution in [0, 0.1) is 0 Å². The van der Waals surface area contributed by atoms with Crippen molar-refractivity contribution in [3.05, 3.63) is 82.9 Å². The fraction of sp³-hybridized carbons (Fsp3) is 0.0833. The van der Waals surface area contributed by atoms with E-state index in [2.05, 4.69) is 15.8 Å². The molecule has 3 aromatic carbocycles. The molecule has 0 aliphatic carbocycles. The molecular weight excluding hydrogens is 462 g/mol. The number of halogens is 1. The lowest BCUT2D eigenvalue weighted by Gasteiger charge is -2.10. The molecule has 2 N–H and O–H groups in total. The van der Waals surface area contributed by atoms with E-state index in [-0.39, 0.29) is 17.0 Å². The van der Waals surface area contributed by atoms with E-state index < -0.39 is 17.8 Å². The van der Waals surface area contributed by atoms with Crippen molar-refractivity contribution >= 4 is 41.3 Å². The van der Waals surface area contributed by atoms with E-state index in [9.17, 15) is 14.4 Å². The van der Waals surface area contributed by atoms with Gasteiger partial charge in [-0.1, -0.05) is 35.9 Å². The van der Waals surface area contributed by atoms with Crippen molar-refractivity contribution in [2.75, 3.05) is 19.5 Å². The molecule has 0 heterocycles. The smallest absolute Gasteiger partial charge is 0.347 e. The number of hydrogen-bond donors (Lipinski definition) is 2. The first-order valence-electron chi connectivity index (χ1n) is 9.85. The fourth-order valence-corrected chi connectivity index (χ4v) is 2.99. The van der Waals surface area contributed by atoms with Gasteiger partial charge in [-0.15, -0.1) is 0 Å². The Morgan fingerprint density at radius 2 is 1.53 bits per heavy atom. The molecule has 0 fully saturated rings. The quantitative estimate of drug-likeness (QED) is 0.175. The lowest BCUT2D eigenvalue weighted by molar-refractivity contribution is -0.136. The number of benzene rings is 3. The van der Waals surface area contributed by atoms with E-state index in [0.29, 0.717) is 22.1 Å². The molecule has 0 atom stereocenters. The molecule has 0 radical (unpaired) electrons. The second kappa shape index (κ2) is 11.5. The van der Waals surface area contributed by atoms with Gasteiger partial charge in [0.15, 0.2) is 0 Å². The van der Waals surface area contributed by atoms with Crippen LogP contribution in [0.5, 0.6) is 17.2 Å². The third kappa shape index (κ3) is 6.11. The molecule has 3 aromatic rings. The Balaban J connectivity index is 1.66. The van der Waals surface area contributed by atoms with E-state index in [1.807, 2.05) is 0 Å². The summed E-state index contributed by atoms with van der Waals surface area (Å²) in [6.07, 6.45) is 1.25. The normalized spacial score (nSPS) is 10.4. The minimum atomic E-state index is -1.03. The van der Waals surface area contributed by atoms with Crippen molar-refractivity contribution in [2.45, 2.75) is 0 Å². The van der Waals surface area contributed by atoms with E-state index in [4.69, 9.17) is 25.8 Å². The number of nitrogens with zero attached hydrogens (tertiary/aromatic N) is 1. The number of nitrogens with one attached hydrogen (secondary N) is 2. The highest BCUT2D eigenvalue weighted by molar-refractivity contribution is 6.40. The van der Waals surface area contributed by atoms with Crippen molar-refractivity contribution in [3.8, 4) is 17.2 Å². The van der Waals surface area contributed by atoms with Gasteiger partial charge in [0.2, 0.25) is 0 Å². The number of para-hydroxylation sites is 2. The van der Waals surface area contributed by atoms with Crippen LogP contribution in [0.4, 0.5) is 5.69 Å². The molecule has 9 nitrogen and oxygen atoms in total. The average Bonchev–Trinajstić information content (AvgIpc) is 2.85. The first-order chi connectivity index (χ1) is 16.4. The molecule has 0 bridgehead atoms. The van der Waals surface area contributed by atoms with Crippen molar-refractivity contribution < 1.29 is 28.6 Å². The Morgan fingerprint density at radius 3 is 2.26 bits per heavy atom. The largest absolute Gasteiger partial charge is 0.496 e. The van der Waals surface area contributed by atoms with Crippen LogP contribution >= 0.6 is 11.6 Å². The molecular formula is C24H20ClN3O6. The predicted molar refractivity (Wildman–Crippen MR) is 127 cm³/mol. The van der Waals surface area contributed by atoms with E-state index in [1.165, 1.54) is 26.5 Å².